The number of imidazole rings is 1. The van der Waals surface area contributed by atoms with E-state index in [1.54, 1.807) is 0 Å². The number of fused-ring (bicyclic) bond motifs is 1. The van der Waals surface area contributed by atoms with E-state index in [1.807, 2.05) is 0 Å². The molecule has 1 aliphatic rings. The van der Waals surface area contributed by atoms with Gasteiger partial charge < -0.3 is 24.8 Å². The molecule has 2 aromatic rings. The van der Waals surface area contributed by atoms with Gasteiger partial charge in [-0.2, -0.15) is 4.98 Å². The maximum Gasteiger partial charge on any atom is 0.698 e. The number of carboxylic acids is 1. The molecule has 2 unspecified atom stereocenters. The van der Waals surface area contributed by atoms with Crippen molar-refractivity contribution in [3.05, 3.63) is 16.8 Å². The van der Waals surface area contributed by atoms with Crippen molar-refractivity contribution in [2.24, 2.45) is 0 Å². The Balaban J connectivity index is 1.77. The third kappa shape index (κ3) is 4.22. The number of halogens is 2. The van der Waals surface area contributed by atoms with Crippen LogP contribution in [0.15, 0.2) is 6.33 Å². The minimum absolute atomic E-state index is 0.0266. The third-order valence-electron chi connectivity index (χ3n) is 3.76. The van der Waals surface area contributed by atoms with Crippen LogP contribution in [0, 0.1) is 0 Å². The molecule has 0 amide bonds. The first-order valence-corrected chi connectivity index (χ1v) is 9.32. The fourth-order valence-electron chi connectivity index (χ4n) is 2.55. The maximum absolute atomic E-state index is 11.0. The molecule has 1 aliphatic heterocycles. The average Bonchev–Trinajstić information content (AvgIpc) is 3.14. The summed E-state index contributed by atoms with van der Waals surface area (Å²) in [5.41, 5.74) is 0.314. The van der Waals surface area contributed by atoms with Crippen molar-refractivity contribution in [1.29, 1.82) is 0 Å². The molecule has 0 bridgehead atoms. The number of hydrogen-bond donors (Lipinski definition) is 4. The summed E-state index contributed by atoms with van der Waals surface area (Å²) in [4.78, 5) is 31.3. The van der Waals surface area contributed by atoms with E-state index in [4.69, 9.17) is 42.7 Å². The highest BCUT2D eigenvalue weighted by Crippen LogP contribution is 2.33. The van der Waals surface area contributed by atoms with Crippen LogP contribution in [-0.2, 0) is 23.4 Å². The predicted octanol–water partition coefficient (Wildman–Crippen LogP) is -0.154. The molecule has 0 saturated carbocycles. The number of carbonyl (C=O) groups is 1. The molecule has 13 nitrogen and oxygen atoms in total. The minimum atomic E-state index is -3.24. The summed E-state index contributed by atoms with van der Waals surface area (Å²) >= 11 is 11.7. The van der Waals surface area contributed by atoms with Gasteiger partial charge in [-0.25, -0.2) is 14.8 Å². The van der Waals surface area contributed by atoms with Gasteiger partial charge in [-0.1, -0.05) is 16.1 Å². The van der Waals surface area contributed by atoms with E-state index in [-0.39, 0.29) is 21.6 Å². The number of nitrogens with zero attached hydrogens (tertiary/aromatic N) is 4. The highest BCUT2D eigenvalue weighted by atomic mass is 35.5. The van der Waals surface area contributed by atoms with Crippen LogP contribution in [0.1, 0.15) is 6.23 Å². The van der Waals surface area contributed by atoms with Crippen LogP contribution in [0.25, 0.3) is 11.2 Å². The van der Waals surface area contributed by atoms with Gasteiger partial charge in [0.25, 0.3) is 0 Å². The van der Waals surface area contributed by atoms with Crippen molar-refractivity contribution in [2.75, 3.05) is 6.61 Å². The normalized spacial score (nSPS) is 26.5. The van der Waals surface area contributed by atoms with Crippen molar-refractivity contribution >= 4 is 48.6 Å². The fraction of sp³-hybridized carbons (Fsp3) is 0.500. The number of aliphatic carboxylic acids is 1. The molecule has 2 aromatic heterocycles. The van der Waals surface area contributed by atoms with Crippen molar-refractivity contribution < 1.29 is 43.6 Å². The van der Waals surface area contributed by atoms with Gasteiger partial charge in [-0.15, -0.1) is 4.89 Å². The van der Waals surface area contributed by atoms with Crippen molar-refractivity contribution in [3.63, 3.8) is 0 Å². The van der Waals surface area contributed by atoms with Crippen LogP contribution in [0.3, 0.4) is 0 Å². The zero-order valence-corrected chi connectivity index (χ0v) is 15.9. The maximum atomic E-state index is 11.0. The van der Waals surface area contributed by atoms with Crippen molar-refractivity contribution in [1.82, 2.24) is 19.5 Å². The van der Waals surface area contributed by atoms with Crippen LogP contribution in [-0.4, -0.2) is 76.9 Å². The van der Waals surface area contributed by atoms with Gasteiger partial charge in [0.15, 0.2) is 17.0 Å². The summed E-state index contributed by atoms with van der Waals surface area (Å²) in [6.45, 7) is -0.571. The van der Waals surface area contributed by atoms with Gasteiger partial charge in [0, 0.05) is 4.57 Å². The largest absolute Gasteiger partial charge is 0.698 e. The molecule has 0 radical (unpaired) electrons. The number of aliphatic hydroxyl groups is 2. The Morgan fingerprint density at radius 1 is 1.36 bits per heavy atom. The molecule has 0 aromatic carbocycles. The topological polar surface area (TPSA) is 186 Å². The predicted molar refractivity (Wildman–Crippen MR) is 89.6 cm³/mol. The van der Waals surface area contributed by atoms with E-state index in [0.29, 0.717) is 0 Å². The SMILES string of the molecule is O=C(O)C(OC[C@H]1O[C@@H](n2cnc3c(Cl)nc(Cl)nc32)[C@H](O)[C@@H]1O)O[P+](=O)O. The summed E-state index contributed by atoms with van der Waals surface area (Å²) in [7, 11) is -3.24. The molecule has 4 N–H and O–H groups in total. The summed E-state index contributed by atoms with van der Waals surface area (Å²) in [5, 5.41) is 29.2. The van der Waals surface area contributed by atoms with E-state index in [9.17, 15) is 19.6 Å². The number of ether oxygens (including phenoxy) is 2. The van der Waals surface area contributed by atoms with Crippen LogP contribution in [0.5, 0.6) is 0 Å². The molecule has 3 heterocycles. The standard InChI is InChI=1S/C12H11Cl2N4O9P/c13-7-4-8(17-12(14)16-7)18(2-15-4)9-6(20)5(19)3(26-9)1-25-11(10(21)22)27-28(23)24/h2-3,5-6,9,11,19-20H,1H2,(H-,21,22,23,24)/p+1/t3-,5-,6-,9-,11?/m1/s1. The molecular weight excluding hydrogens is 446 g/mol. The summed E-state index contributed by atoms with van der Waals surface area (Å²) in [6.07, 6.45) is -6.18. The van der Waals surface area contributed by atoms with Crippen LogP contribution in [0.2, 0.25) is 10.4 Å². The first-order valence-electron chi connectivity index (χ1n) is 7.43. The first-order chi connectivity index (χ1) is 13.2. The zero-order chi connectivity index (χ0) is 20.6. The molecule has 1 saturated heterocycles. The van der Waals surface area contributed by atoms with Crippen molar-refractivity contribution in [3.8, 4) is 0 Å². The van der Waals surface area contributed by atoms with Crippen molar-refractivity contribution in [2.45, 2.75) is 30.8 Å². The lowest BCUT2D eigenvalue weighted by Crippen LogP contribution is -2.36. The van der Waals surface area contributed by atoms with Gasteiger partial charge in [-0.05, 0) is 11.6 Å². The molecule has 0 spiro atoms. The molecule has 1 fully saturated rings. The number of aromatic nitrogens is 4. The number of rotatable bonds is 7. The lowest BCUT2D eigenvalue weighted by atomic mass is 10.1. The van der Waals surface area contributed by atoms with Gasteiger partial charge in [0.1, 0.15) is 23.8 Å². The van der Waals surface area contributed by atoms with Gasteiger partial charge >= 0.3 is 20.5 Å². The number of carboxylic acid groups (broad SMARTS) is 1. The number of hydrogen-bond acceptors (Lipinski definition) is 10. The second kappa shape index (κ2) is 8.45. The Kier molecular flexibility index (Phi) is 6.39. The molecule has 16 heteroatoms. The minimum Gasteiger partial charge on any atom is -0.477 e. The molecular formula is C12H12Cl2N4O9P+. The lowest BCUT2D eigenvalue weighted by molar-refractivity contribution is -0.179. The van der Waals surface area contributed by atoms with Gasteiger partial charge in [0.2, 0.25) is 5.28 Å². The zero-order valence-electron chi connectivity index (χ0n) is 13.5. The van der Waals surface area contributed by atoms with Gasteiger partial charge in [0.05, 0.1) is 12.9 Å². The Hall–Kier alpha value is -1.54. The lowest BCUT2D eigenvalue weighted by Gasteiger charge is -2.16. The highest BCUT2D eigenvalue weighted by Gasteiger charge is 2.45. The second-order valence-electron chi connectivity index (χ2n) is 5.50. The monoisotopic (exact) mass is 457 g/mol. The summed E-state index contributed by atoms with van der Waals surface area (Å²) < 4.78 is 26.5. The molecule has 28 heavy (non-hydrogen) atoms. The third-order valence-corrected chi connectivity index (χ3v) is 4.57. The Morgan fingerprint density at radius 2 is 2.07 bits per heavy atom. The molecule has 6 atom stereocenters. The van der Waals surface area contributed by atoms with E-state index in [2.05, 4.69) is 19.5 Å². The first kappa shape index (κ1) is 21.2. The molecule has 3 rings (SSSR count). The molecule has 152 valence electrons. The fourth-order valence-corrected chi connectivity index (χ4v) is 3.29. The number of aliphatic hydroxyl groups excluding tert-OH is 2. The van der Waals surface area contributed by atoms with Crippen LogP contribution in [0.4, 0.5) is 0 Å². The van der Waals surface area contributed by atoms with Gasteiger partial charge in [-0.3, -0.25) is 4.57 Å². The van der Waals surface area contributed by atoms with E-state index < -0.39 is 51.7 Å². The Morgan fingerprint density at radius 3 is 2.71 bits per heavy atom. The van der Waals surface area contributed by atoms with E-state index >= 15 is 0 Å². The second-order valence-corrected chi connectivity index (χ2v) is 6.88. The quantitative estimate of drug-likeness (QED) is 0.186. The van der Waals surface area contributed by atoms with Crippen LogP contribution < -0.4 is 0 Å². The average molecular weight is 458 g/mol. The Bertz CT molecular complexity index is 915. The summed E-state index contributed by atoms with van der Waals surface area (Å²) in [6, 6.07) is 0. The van der Waals surface area contributed by atoms with E-state index in [0.717, 1.165) is 0 Å². The van der Waals surface area contributed by atoms with E-state index in [1.165, 1.54) is 10.9 Å². The highest BCUT2D eigenvalue weighted by molar-refractivity contribution is 7.32. The smallest absolute Gasteiger partial charge is 0.477 e. The summed E-state index contributed by atoms with van der Waals surface area (Å²) in [5.74, 6) is -1.66. The van der Waals surface area contributed by atoms with Crippen LogP contribution >= 0.6 is 31.5 Å². The molecule has 0 aliphatic carbocycles. The Labute approximate surface area is 166 Å².